The topological polar surface area (TPSA) is 74.7 Å². The first-order chi connectivity index (χ1) is 9.07. The number of carboxylic acids is 1. The summed E-state index contributed by atoms with van der Waals surface area (Å²) in [5.74, 6) is -1.50. The molecule has 0 aromatic heterocycles. The van der Waals surface area contributed by atoms with E-state index in [9.17, 15) is 19.5 Å². The van der Waals surface area contributed by atoms with Gasteiger partial charge in [0, 0.05) is 0 Å². The summed E-state index contributed by atoms with van der Waals surface area (Å²) in [6.07, 6.45) is 5.56. The van der Waals surface area contributed by atoms with Crippen LogP contribution in [0.2, 0.25) is 0 Å². The quantitative estimate of drug-likeness (QED) is 0.772. The predicted molar refractivity (Wildman–Crippen MR) is 71.7 cm³/mol. The maximum Gasteiger partial charge on any atom is 0.326 e. The minimum absolute atomic E-state index is 0.261. The average Bonchev–Trinajstić information content (AvgIpc) is 2.64. The van der Waals surface area contributed by atoms with Crippen LogP contribution in [-0.4, -0.2) is 45.8 Å². The van der Waals surface area contributed by atoms with Crippen molar-refractivity contribution >= 4 is 29.5 Å². The predicted octanol–water partition coefficient (Wildman–Crippen LogP) is 1.37. The molecule has 1 heterocycles. The Morgan fingerprint density at radius 1 is 1.32 bits per heavy atom. The number of hydrogen-bond donors (Lipinski definition) is 1. The van der Waals surface area contributed by atoms with Crippen LogP contribution < -0.4 is 0 Å². The van der Waals surface area contributed by atoms with E-state index in [0.717, 1.165) is 30.6 Å². The Morgan fingerprint density at radius 3 is 2.26 bits per heavy atom. The molecule has 0 aromatic rings. The first kappa shape index (κ1) is 14.4. The molecular formula is C13H19NO4S. The molecule has 5 nitrogen and oxygen atoms in total. The molecule has 3 unspecified atom stereocenters. The molecule has 2 amide bonds. The second kappa shape index (κ2) is 5.94. The Kier molecular flexibility index (Phi) is 4.50. The molecule has 2 aliphatic rings. The van der Waals surface area contributed by atoms with Crippen LogP contribution in [0.5, 0.6) is 0 Å². The lowest BCUT2D eigenvalue weighted by Gasteiger charge is -2.22. The van der Waals surface area contributed by atoms with Gasteiger partial charge in [0.15, 0.2) is 0 Å². The smallest absolute Gasteiger partial charge is 0.326 e. The number of aliphatic carboxylic acids is 1. The summed E-state index contributed by atoms with van der Waals surface area (Å²) in [6.45, 7) is 0. The van der Waals surface area contributed by atoms with E-state index >= 15 is 0 Å². The molecule has 0 radical (unpaired) electrons. The molecule has 19 heavy (non-hydrogen) atoms. The highest BCUT2D eigenvalue weighted by atomic mass is 32.2. The lowest BCUT2D eigenvalue weighted by Crippen LogP contribution is -2.45. The summed E-state index contributed by atoms with van der Waals surface area (Å²) in [4.78, 5) is 37.0. The van der Waals surface area contributed by atoms with Crippen molar-refractivity contribution in [1.82, 2.24) is 4.90 Å². The van der Waals surface area contributed by atoms with Crippen molar-refractivity contribution in [1.29, 1.82) is 0 Å². The Labute approximate surface area is 116 Å². The van der Waals surface area contributed by atoms with Crippen LogP contribution in [0.4, 0.5) is 0 Å². The van der Waals surface area contributed by atoms with E-state index in [2.05, 4.69) is 0 Å². The average molecular weight is 285 g/mol. The maximum absolute atomic E-state index is 12.3. The van der Waals surface area contributed by atoms with Gasteiger partial charge in [-0.25, -0.2) is 4.79 Å². The van der Waals surface area contributed by atoms with E-state index < -0.39 is 12.0 Å². The molecule has 1 N–H and O–H groups in total. The number of carbonyl (C=O) groups excluding carboxylic acids is 2. The second-order valence-corrected chi connectivity index (χ2v) is 6.17. The molecule has 1 saturated heterocycles. The molecule has 6 heteroatoms. The van der Waals surface area contributed by atoms with Crippen LogP contribution in [0.3, 0.4) is 0 Å². The monoisotopic (exact) mass is 285 g/mol. The SMILES string of the molecule is CSCCC(C(=O)O)N1C(=O)C2CCCCC2C1=O. The van der Waals surface area contributed by atoms with Gasteiger partial charge in [0.1, 0.15) is 6.04 Å². The van der Waals surface area contributed by atoms with Crippen LogP contribution >= 0.6 is 11.8 Å². The standard InChI is InChI=1S/C13H19NO4S/c1-19-7-6-10(13(17)18)14-11(15)8-4-2-3-5-9(8)12(14)16/h8-10H,2-7H2,1H3,(H,17,18). The lowest BCUT2D eigenvalue weighted by atomic mass is 9.81. The number of rotatable bonds is 5. The zero-order chi connectivity index (χ0) is 14.0. The maximum atomic E-state index is 12.3. The van der Waals surface area contributed by atoms with Crippen LogP contribution in [0.1, 0.15) is 32.1 Å². The first-order valence-electron chi connectivity index (χ1n) is 6.66. The molecule has 1 saturated carbocycles. The van der Waals surface area contributed by atoms with Gasteiger partial charge in [-0.3, -0.25) is 14.5 Å². The van der Waals surface area contributed by atoms with Gasteiger partial charge in [-0.2, -0.15) is 11.8 Å². The zero-order valence-corrected chi connectivity index (χ0v) is 11.8. The third-order valence-electron chi connectivity index (χ3n) is 4.07. The van der Waals surface area contributed by atoms with Gasteiger partial charge in [-0.1, -0.05) is 12.8 Å². The van der Waals surface area contributed by atoms with Crippen molar-refractivity contribution in [3.63, 3.8) is 0 Å². The number of hydrogen-bond acceptors (Lipinski definition) is 4. The molecule has 2 fully saturated rings. The van der Waals surface area contributed by atoms with Crippen LogP contribution in [0.15, 0.2) is 0 Å². The third-order valence-corrected chi connectivity index (χ3v) is 4.71. The Balaban J connectivity index is 2.19. The number of carboxylic acid groups (broad SMARTS) is 1. The molecule has 2 rings (SSSR count). The molecule has 3 atom stereocenters. The van der Waals surface area contributed by atoms with Gasteiger partial charge in [-0.15, -0.1) is 0 Å². The minimum atomic E-state index is -1.07. The summed E-state index contributed by atoms with van der Waals surface area (Å²) < 4.78 is 0. The molecule has 0 spiro atoms. The molecule has 1 aliphatic carbocycles. The normalized spacial score (nSPS) is 28.4. The van der Waals surface area contributed by atoms with Crippen LogP contribution in [0, 0.1) is 11.8 Å². The van der Waals surface area contributed by atoms with Crippen LogP contribution in [0.25, 0.3) is 0 Å². The molecule has 106 valence electrons. The fraction of sp³-hybridized carbons (Fsp3) is 0.769. The second-order valence-electron chi connectivity index (χ2n) is 5.18. The van der Waals surface area contributed by atoms with E-state index in [0.29, 0.717) is 12.2 Å². The number of imide groups is 1. The van der Waals surface area contributed by atoms with Gasteiger partial charge in [0.2, 0.25) is 11.8 Å². The van der Waals surface area contributed by atoms with Crippen molar-refractivity contribution < 1.29 is 19.5 Å². The van der Waals surface area contributed by atoms with E-state index in [1.54, 1.807) is 0 Å². The largest absolute Gasteiger partial charge is 0.480 e. The number of amides is 2. The highest BCUT2D eigenvalue weighted by molar-refractivity contribution is 7.98. The van der Waals surface area contributed by atoms with Crippen molar-refractivity contribution in [2.75, 3.05) is 12.0 Å². The van der Waals surface area contributed by atoms with Crippen molar-refractivity contribution in [2.24, 2.45) is 11.8 Å². The van der Waals surface area contributed by atoms with E-state index in [1.165, 1.54) is 11.8 Å². The summed E-state index contributed by atoms with van der Waals surface area (Å²) in [7, 11) is 0. The van der Waals surface area contributed by atoms with Crippen molar-refractivity contribution in [3.05, 3.63) is 0 Å². The Bertz CT molecular complexity index is 374. The number of carbonyl (C=O) groups is 3. The summed E-state index contributed by atoms with van der Waals surface area (Å²) in [6, 6.07) is -0.988. The highest BCUT2D eigenvalue weighted by Crippen LogP contribution is 2.39. The van der Waals surface area contributed by atoms with Crippen molar-refractivity contribution in [3.8, 4) is 0 Å². The van der Waals surface area contributed by atoms with Gasteiger partial charge in [0.05, 0.1) is 11.8 Å². The lowest BCUT2D eigenvalue weighted by molar-refractivity contribution is -0.155. The van der Waals surface area contributed by atoms with Crippen LogP contribution in [-0.2, 0) is 14.4 Å². The summed E-state index contributed by atoms with van der Waals surface area (Å²) >= 11 is 1.52. The third kappa shape index (κ3) is 2.63. The molecular weight excluding hydrogens is 266 g/mol. The highest BCUT2D eigenvalue weighted by Gasteiger charge is 2.51. The Hall–Kier alpha value is -1.04. The Morgan fingerprint density at radius 2 is 1.84 bits per heavy atom. The number of nitrogens with zero attached hydrogens (tertiary/aromatic N) is 1. The summed E-state index contributed by atoms with van der Waals surface area (Å²) in [5, 5.41) is 9.27. The minimum Gasteiger partial charge on any atom is -0.480 e. The van der Waals surface area contributed by atoms with E-state index in [1.807, 2.05) is 6.26 Å². The van der Waals surface area contributed by atoms with Gasteiger partial charge in [0.25, 0.3) is 0 Å². The molecule has 0 bridgehead atoms. The summed E-state index contributed by atoms with van der Waals surface area (Å²) in [5.41, 5.74) is 0. The van der Waals surface area contributed by atoms with Gasteiger partial charge in [-0.05, 0) is 31.3 Å². The van der Waals surface area contributed by atoms with Crippen molar-refractivity contribution in [2.45, 2.75) is 38.1 Å². The number of likely N-dealkylation sites (tertiary alicyclic amines) is 1. The van der Waals surface area contributed by atoms with E-state index in [4.69, 9.17) is 0 Å². The zero-order valence-electron chi connectivity index (χ0n) is 11.0. The van der Waals surface area contributed by atoms with Gasteiger partial charge < -0.3 is 5.11 Å². The van der Waals surface area contributed by atoms with E-state index in [-0.39, 0.29) is 23.7 Å². The van der Waals surface area contributed by atoms with Gasteiger partial charge >= 0.3 is 5.97 Å². The fourth-order valence-electron chi connectivity index (χ4n) is 3.09. The number of thioether (sulfide) groups is 1. The molecule has 0 aromatic carbocycles. The number of fused-ring (bicyclic) bond motifs is 1. The first-order valence-corrected chi connectivity index (χ1v) is 8.06. The molecule has 1 aliphatic heterocycles. The fourth-order valence-corrected chi connectivity index (χ4v) is 3.55.